The zero-order valence-corrected chi connectivity index (χ0v) is 20.0. The zero-order valence-electron chi connectivity index (χ0n) is 20.0. The fraction of sp³-hybridized carbons (Fsp3) is 0.346. The van der Waals surface area contributed by atoms with Crippen molar-refractivity contribution in [3.8, 4) is 11.3 Å². The third kappa shape index (κ3) is 4.48. The van der Waals surface area contributed by atoms with Crippen LogP contribution >= 0.6 is 0 Å². The fourth-order valence-electron chi connectivity index (χ4n) is 4.60. The van der Waals surface area contributed by atoms with Crippen molar-refractivity contribution in [2.45, 2.75) is 44.9 Å². The van der Waals surface area contributed by atoms with Crippen LogP contribution in [0.15, 0.2) is 47.5 Å². The van der Waals surface area contributed by atoms with Crippen molar-refractivity contribution in [1.29, 1.82) is 0 Å². The van der Waals surface area contributed by atoms with Gasteiger partial charge < -0.3 is 4.74 Å². The largest absolute Gasteiger partial charge is 0.433 e. The highest BCUT2D eigenvalue weighted by Gasteiger charge is 2.32. The van der Waals surface area contributed by atoms with Gasteiger partial charge in [0.2, 0.25) is 0 Å². The standard InChI is InChI=1S/C26H24F3N5O2/c1-14-10-17(6-8-30-14)21-11-16(7-9-36-21)19-12-20-23(25(35)34(3)15(2)32-20)24(33-19)18-4-5-22(31-13-18)26(27,28)29/h4-6,8,10,12-13,16,21H,7,9,11H2,1-3H3/t16-,21+/m1/s1. The van der Waals surface area contributed by atoms with E-state index in [1.807, 2.05) is 25.1 Å². The second-order valence-corrected chi connectivity index (χ2v) is 9.05. The zero-order chi connectivity index (χ0) is 25.6. The number of halogens is 3. The second kappa shape index (κ2) is 9.09. The van der Waals surface area contributed by atoms with Gasteiger partial charge in [-0.2, -0.15) is 13.2 Å². The summed E-state index contributed by atoms with van der Waals surface area (Å²) in [6.07, 6.45) is -0.459. The van der Waals surface area contributed by atoms with Crippen LogP contribution < -0.4 is 5.56 Å². The summed E-state index contributed by atoms with van der Waals surface area (Å²) in [6, 6.07) is 7.94. The summed E-state index contributed by atoms with van der Waals surface area (Å²) in [4.78, 5) is 30.4. The van der Waals surface area contributed by atoms with Crippen LogP contribution in [0.2, 0.25) is 0 Å². The third-order valence-electron chi connectivity index (χ3n) is 6.63. The van der Waals surface area contributed by atoms with Crippen molar-refractivity contribution < 1.29 is 17.9 Å². The Bertz CT molecular complexity index is 1500. The maximum absolute atomic E-state index is 13.2. The van der Waals surface area contributed by atoms with Crippen molar-refractivity contribution in [3.63, 3.8) is 0 Å². The van der Waals surface area contributed by atoms with Crippen LogP contribution in [0.5, 0.6) is 0 Å². The van der Waals surface area contributed by atoms with E-state index in [-0.39, 0.29) is 28.7 Å². The molecule has 0 amide bonds. The maximum Gasteiger partial charge on any atom is 0.433 e. The molecule has 0 aromatic carbocycles. The number of aryl methyl sites for hydroxylation is 2. The minimum Gasteiger partial charge on any atom is -0.373 e. The number of alkyl halides is 3. The molecule has 5 rings (SSSR count). The number of hydrogen-bond donors (Lipinski definition) is 0. The Balaban J connectivity index is 1.62. The molecule has 186 valence electrons. The van der Waals surface area contributed by atoms with Crippen LogP contribution in [0, 0.1) is 13.8 Å². The molecule has 4 aromatic heterocycles. The fourth-order valence-corrected chi connectivity index (χ4v) is 4.60. The van der Waals surface area contributed by atoms with Gasteiger partial charge in [0.05, 0.1) is 22.7 Å². The maximum atomic E-state index is 13.2. The average Bonchev–Trinajstić information content (AvgIpc) is 2.86. The molecule has 1 aliphatic rings. The SMILES string of the molecule is Cc1cc([C@@H]2C[C@H](c3cc4nc(C)n(C)c(=O)c4c(-c4ccc(C(F)(F)F)nc4)n3)CCO2)ccn1. The molecule has 4 aromatic rings. The van der Waals surface area contributed by atoms with Gasteiger partial charge in [-0.25, -0.2) is 4.98 Å². The quantitative estimate of drug-likeness (QED) is 0.395. The lowest BCUT2D eigenvalue weighted by molar-refractivity contribution is -0.141. The highest BCUT2D eigenvalue weighted by atomic mass is 19.4. The Hall–Kier alpha value is -3.66. The van der Waals surface area contributed by atoms with E-state index >= 15 is 0 Å². The minimum atomic E-state index is -4.56. The van der Waals surface area contributed by atoms with Crippen molar-refractivity contribution in [1.82, 2.24) is 24.5 Å². The molecule has 7 nitrogen and oxygen atoms in total. The summed E-state index contributed by atoms with van der Waals surface area (Å²) in [5, 5.41) is 0.252. The monoisotopic (exact) mass is 495 g/mol. The first-order chi connectivity index (χ1) is 17.1. The molecule has 0 bridgehead atoms. The van der Waals surface area contributed by atoms with E-state index in [1.54, 1.807) is 20.2 Å². The molecule has 5 heterocycles. The number of pyridine rings is 3. The lowest BCUT2D eigenvalue weighted by atomic mass is 9.88. The molecule has 1 fully saturated rings. The van der Waals surface area contributed by atoms with Gasteiger partial charge >= 0.3 is 6.18 Å². The molecule has 0 saturated carbocycles. The number of nitrogens with zero attached hydrogens (tertiary/aromatic N) is 5. The van der Waals surface area contributed by atoms with Crippen LogP contribution in [0.3, 0.4) is 0 Å². The minimum absolute atomic E-state index is 0.00828. The number of rotatable bonds is 3. The van der Waals surface area contributed by atoms with Gasteiger partial charge in [-0.15, -0.1) is 0 Å². The average molecular weight is 496 g/mol. The van der Waals surface area contributed by atoms with Gasteiger partial charge in [0, 0.05) is 48.9 Å². The Kier molecular flexibility index (Phi) is 6.07. The molecule has 0 radical (unpaired) electrons. The molecule has 2 atom stereocenters. The first-order valence-corrected chi connectivity index (χ1v) is 11.6. The third-order valence-corrected chi connectivity index (χ3v) is 6.63. The molecule has 36 heavy (non-hydrogen) atoms. The molecular weight excluding hydrogens is 471 g/mol. The molecular formula is C26H24F3N5O2. The highest BCUT2D eigenvalue weighted by Crippen LogP contribution is 2.39. The normalized spacial score (nSPS) is 18.5. The second-order valence-electron chi connectivity index (χ2n) is 9.05. The number of fused-ring (bicyclic) bond motifs is 1. The topological polar surface area (TPSA) is 82.8 Å². The molecule has 0 aliphatic carbocycles. The van der Waals surface area contributed by atoms with Gasteiger partial charge in [0.15, 0.2) is 0 Å². The smallest absolute Gasteiger partial charge is 0.373 e. The molecule has 0 N–H and O–H groups in total. The van der Waals surface area contributed by atoms with Crippen LogP contribution in [0.25, 0.3) is 22.2 Å². The highest BCUT2D eigenvalue weighted by molar-refractivity contribution is 5.92. The number of ether oxygens (including phenoxy) is 1. The van der Waals surface area contributed by atoms with E-state index in [1.165, 1.54) is 10.6 Å². The van der Waals surface area contributed by atoms with Gasteiger partial charge in [-0.05, 0) is 62.6 Å². The Morgan fingerprint density at radius 3 is 2.58 bits per heavy atom. The molecule has 1 saturated heterocycles. The first kappa shape index (κ1) is 24.1. The number of aromatic nitrogens is 5. The van der Waals surface area contributed by atoms with Crippen LogP contribution in [-0.2, 0) is 18.0 Å². The summed E-state index contributed by atoms with van der Waals surface area (Å²) >= 11 is 0. The summed E-state index contributed by atoms with van der Waals surface area (Å²) in [7, 11) is 1.60. The van der Waals surface area contributed by atoms with Crippen molar-refractivity contribution in [2.75, 3.05) is 6.61 Å². The van der Waals surface area contributed by atoms with E-state index in [9.17, 15) is 18.0 Å². The summed E-state index contributed by atoms with van der Waals surface area (Å²) in [6.45, 7) is 4.18. The van der Waals surface area contributed by atoms with Crippen LogP contribution in [0.1, 0.15) is 53.3 Å². The Labute approximate surface area is 205 Å². The predicted molar refractivity (Wildman–Crippen MR) is 127 cm³/mol. The molecule has 1 aliphatic heterocycles. The summed E-state index contributed by atoms with van der Waals surface area (Å²) in [5.74, 6) is 0.534. The molecule has 0 unspecified atom stereocenters. The van der Waals surface area contributed by atoms with E-state index in [0.29, 0.717) is 36.4 Å². The van der Waals surface area contributed by atoms with Gasteiger partial charge in [0.1, 0.15) is 11.5 Å². The van der Waals surface area contributed by atoms with Crippen molar-refractivity contribution in [3.05, 3.63) is 81.5 Å². The predicted octanol–water partition coefficient (Wildman–Crippen LogP) is 5.06. The van der Waals surface area contributed by atoms with Gasteiger partial charge in [0.25, 0.3) is 5.56 Å². The van der Waals surface area contributed by atoms with Crippen LogP contribution in [-0.4, -0.2) is 31.1 Å². The van der Waals surface area contributed by atoms with E-state index in [0.717, 1.165) is 29.2 Å². The van der Waals surface area contributed by atoms with Crippen LogP contribution in [0.4, 0.5) is 13.2 Å². The Morgan fingerprint density at radius 2 is 1.89 bits per heavy atom. The van der Waals surface area contributed by atoms with Gasteiger partial charge in [-0.1, -0.05) is 0 Å². The summed E-state index contributed by atoms with van der Waals surface area (Å²) in [5.41, 5.74) is 2.38. The Morgan fingerprint density at radius 1 is 1.08 bits per heavy atom. The van der Waals surface area contributed by atoms with Gasteiger partial charge in [-0.3, -0.25) is 24.3 Å². The van der Waals surface area contributed by atoms with E-state index < -0.39 is 11.9 Å². The lowest BCUT2D eigenvalue weighted by Gasteiger charge is -2.30. The lowest BCUT2D eigenvalue weighted by Crippen LogP contribution is -2.23. The van der Waals surface area contributed by atoms with E-state index in [4.69, 9.17) is 9.72 Å². The molecule has 10 heteroatoms. The first-order valence-electron chi connectivity index (χ1n) is 11.6. The summed E-state index contributed by atoms with van der Waals surface area (Å²) < 4.78 is 46.7. The van der Waals surface area contributed by atoms with E-state index in [2.05, 4.69) is 15.0 Å². The molecule has 0 spiro atoms. The van der Waals surface area contributed by atoms with Crippen molar-refractivity contribution in [2.24, 2.45) is 7.05 Å². The van der Waals surface area contributed by atoms with Crippen molar-refractivity contribution >= 4 is 10.9 Å². The number of hydrogen-bond acceptors (Lipinski definition) is 6.